The predicted octanol–water partition coefficient (Wildman–Crippen LogP) is 2.31. The highest BCUT2D eigenvalue weighted by molar-refractivity contribution is 9.10. The molecule has 0 aromatic heterocycles. The predicted molar refractivity (Wildman–Crippen MR) is 81.0 cm³/mol. The lowest BCUT2D eigenvalue weighted by Gasteiger charge is -2.52. The van der Waals surface area contributed by atoms with E-state index in [1.165, 1.54) is 5.69 Å². The zero-order valence-corrected chi connectivity index (χ0v) is 12.9. The fraction of sp³-hybridized carbons (Fsp3) is 0.571. The van der Waals surface area contributed by atoms with Crippen molar-refractivity contribution < 1.29 is 0 Å². The number of piperazine rings is 1. The molecule has 0 spiro atoms. The van der Waals surface area contributed by atoms with Crippen molar-refractivity contribution in [2.45, 2.75) is 25.4 Å². The maximum Gasteiger partial charge on any atom is 0.0545 e. The molecule has 4 heteroatoms. The molecule has 1 saturated heterocycles. The summed E-state index contributed by atoms with van der Waals surface area (Å²) < 4.78 is 1.12. The van der Waals surface area contributed by atoms with Crippen LogP contribution in [-0.2, 0) is 0 Å². The van der Waals surface area contributed by atoms with Gasteiger partial charge in [0.1, 0.15) is 0 Å². The summed E-state index contributed by atoms with van der Waals surface area (Å²) in [7, 11) is 2.17. The average molecular weight is 312 g/mol. The number of likely N-dealkylation sites (N-methyl/N-ethyl adjacent to an activating group) is 1. The number of anilines is 1. The molecule has 0 saturated carbocycles. The average Bonchev–Trinajstić information content (AvgIpc) is 2.26. The van der Waals surface area contributed by atoms with Gasteiger partial charge in [-0.05, 0) is 39.1 Å². The van der Waals surface area contributed by atoms with Crippen molar-refractivity contribution in [2.24, 2.45) is 5.73 Å². The molecule has 0 radical (unpaired) electrons. The number of nitrogens with two attached hydrogens (primary N) is 1. The molecule has 1 fully saturated rings. The molecule has 1 aromatic rings. The number of hydrogen-bond acceptors (Lipinski definition) is 3. The number of benzene rings is 1. The van der Waals surface area contributed by atoms with Gasteiger partial charge in [0.15, 0.2) is 0 Å². The van der Waals surface area contributed by atoms with Gasteiger partial charge in [-0.25, -0.2) is 0 Å². The Morgan fingerprint density at radius 3 is 2.78 bits per heavy atom. The maximum atomic E-state index is 5.97. The Balaban J connectivity index is 2.38. The van der Waals surface area contributed by atoms with Crippen LogP contribution in [0.4, 0.5) is 5.69 Å². The Labute approximate surface area is 118 Å². The first-order valence-electron chi connectivity index (χ1n) is 6.37. The smallest absolute Gasteiger partial charge is 0.0545 e. The topological polar surface area (TPSA) is 32.5 Å². The van der Waals surface area contributed by atoms with Gasteiger partial charge in [0.05, 0.1) is 6.04 Å². The molecule has 100 valence electrons. The molecule has 2 rings (SSSR count). The summed E-state index contributed by atoms with van der Waals surface area (Å²) in [6.45, 7) is 7.32. The molecular formula is C14H22BrN3. The third kappa shape index (κ3) is 2.71. The summed E-state index contributed by atoms with van der Waals surface area (Å²) in [5, 5.41) is 0. The Bertz CT molecular complexity index is 419. The van der Waals surface area contributed by atoms with Crippen LogP contribution in [0.3, 0.4) is 0 Å². The first-order chi connectivity index (χ1) is 8.44. The molecule has 1 heterocycles. The normalized spacial score (nSPS) is 24.3. The number of nitrogens with zero attached hydrogens (tertiary/aromatic N) is 2. The van der Waals surface area contributed by atoms with Crippen LogP contribution in [0, 0.1) is 0 Å². The number of hydrogen-bond donors (Lipinski definition) is 1. The van der Waals surface area contributed by atoms with Crippen LogP contribution in [-0.4, -0.2) is 43.2 Å². The molecule has 2 N–H and O–H groups in total. The minimum Gasteiger partial charge on any atom is -0.360 e. The molecule has 3 nitrogen and oxygen atoms in total. The first-order valence-corrected chi connectivity index (χ1v) is 7.17. The molecule has 1 unspecified atom stereocenters. The van der Waals surface area contributed by atoms with Crippen molar-refractivity contribution >= 4 is 21.6 Å². The summed E-state index contributed by atoms with van der Waals surface area (Å²) in [6, 6.07) is 8.86. The second-order valence-electron chi connectivity index (χ2n) is 5.75. The molecule has 18 heavy (non-hydrogen) atoms. The fourth-order valence-electron chi connectivity index (χ4n) is 3.10. The van der Waals surface area contributed by atoms with E-state index in [4.69, 9.17) is 5.73 Å². The summed E-state index contributed by atoms with van der Waals surface area (Å²) in [5.74, 6) is 0. The van der Waals surface area contributed by atoms with Crippen LogP contribution >= 0.6 is 15.9 Å². The highest BCUT2D eigenvalue weighted by atomic mass is 79.9. The van der Waals surface area contributed by atoms with E-state index in [2.05, 4.69) is 70.9 Å². The van der Waals surface area contributed by atoms with Gasteiger partial charge in [0.25, 0.3) is 0 Å². The van der Waals surface area contributed by atoms with Crippen molar-refractivity contribution in [3.63, 3.8) is 0 Å². The number of halogens is 1. The number of rotatable bonds is 2. The highest BCUT2D eigenvalue weighted by Crippen LogP contribution is 2.32. The molecule has 1 aliphatic heterocycles. The van der Waals surface area contributed by atoms with Gasteiger partial charge in [0.2, 0.25) is 0 Å². The molecule has 0 bridgehead atoms. The quantitative estimate of drug-likeness (QED) is 0.909. The van der Waals surface area contributed by atoms with E-state index in [1.807, 2.05) is 0 Å². The van der Waals surface area contributed by atoms with E-state index in [0.717, 1.165) is 17.6 Å². The van der Waals surface area contributed by atoms with Crippen molar-refractivity contribution in [1.29, 1.82) is 0 Å². The Hall–Kier alpha value is -0.580. The zero-order valence-electron chi connectivity index (χ0n) is 11.4. The first kappa shape index (κ1) is 13.8. The molecule has 1 aromatic carbocycles. The maximum absolute atomic E-state index is 5.97. The molecule has 0 amide bonds. The molecular weight excluding hydrogens is 290 g/mol. The minimum absolute atomic E-state index is 0.0951. The van der Waals surface area contributed by atoms with E-state index < -0.39 is 0 Å². The Morgan fingerprint density at radius 1 is 1.44 bits per heavy atom. The summed E-state index contributed by atoms with van der Waals surface area (Å²) >= 11 is 3.55. The lowest BCUT2D eigenvalue weighted by molar-refractivity contribution is 0.182. The minimum atomic E-state index is 0.0951. The van der Waals surface area contributed by atoms with Crippen LogP contribution < -0.4 is 10.6 Å². The largest absolute Gasteiger partial charge is 0.360 e. The van der Waals surface area contributed by atoms with E-state index in [9.17, 15) is 0 Å². The van der Waals surface area contributed by atoms with Crippen LogP contribution in [0.1, 0.15) is 13.8 Å². The third-order valence-electron chi connectivity index (χ3n) is 3.56. The van der Waals surface area contributed by atoms with E-state index >= 15 is 0 Å². The second-order valence-corrected chi connectivity index (χ2v) is 6.66. The SMILES string of the molecule is CN1CC(CN)N(c2cccc(Br)c2)C(C)(C)C1. The fourth-order valence-corrected chi connectivity index (χ4v) is 3.49. The zero-order chi connectivity index (χ0) is 13.3. The lowest BCUT2D eigenvalue weighted by Crippen LogP contribution is -2.65. The van der Waals surface area contributed by atoms with Crippen LogP contribution in [0.2, 0.25) is 0 Å². The summed E-state index contributed by atoms with van der Waals surface area (Å²) in [6.07, 6.45) is 0. The summed E-state index contributed by atoms with van der Waals surface area (Å²) in [5.41, 5.74) is 7.32. The van der Waals surface area contributed by atoms with Gasteiger partial charge in [-0.2, -0.15) is 0 Å². The Morgan fingerprint density at radius 2 is 2.17 bits per heavy atom. The lowest BCUT2D eigenvalue weighted by atomic mass is 9.94. The highest BCUT2D eigenvalue weighted by Gasteiger charge is 2.38. The molecule has 1 aliphatic rings. The van der Waals surface area contributed by atoms with Crippen LogP contribution in [0.5, 0.6) is 0 Å². The van der Waals surface area contributed by atoms with Crippen molar-refractivity contribution in [1.82, 2.24) is 4.90 Å². The standard InChI is InChI=1S/C14H22BrN3/c1-14(2)10-17(3)9-13(8-16)18(14)12-6-4-5-11(15)7-12/h4-7,13H,8-10,16H2,1-3H3. The van der Waals surface area contributed by atoms with E-state index in [0.29, 0.717) is 12.6 Å². The van der Waals surface area contributed by atoms with E-state index in [-0.39, 0.29) is 5.54 Å². The second kappa shape index (κ2) is 5.19. The van der Waals surface area contributed by atoms with Crippen molar-refractivity contribution in [3.05, 3.63) is 28.7 Å². The third-order valence-corrected chi connectivity index (χ3v) is 4.05. The van der Waals surface area contributed by atoms with Gasteiger partial charge in [-0.3, -0.25) is 0 Å². The van der Waals surface area contributed by atoms with E-state index in [1.54, 1.807) is 0 Å². The molecule has 0 aliphatic carbocycles. The van der Waals surface area contributed by atoms with Crippen molar-refractivity contribution in [2.75, 3.05) is 31.6 Å². The van der Waals surface area contributed by atoms with Gasteiger partial charge in [-0.1, -0.05) is 22.0 Å². The van der Waals surface area contributed by atoms with Crippen LogP contribution in [0.15, 0.2) is 28.7 Å². The van der Waals surface area contributed by atoms with Gasteiger partial charge < -0.3 is 15.5 Å². The monoisotopic (exact) mass is 311 g/mol. The van der Waals surface area contributed by atoms with Gasteiger partial charge in [0, 0.05) is 35.3 Å². The summed E-state index contributed by atoms with van der Waals surface area (Å²) in [4.78, 5) is 4.84. The van der Waals surface area contributed by atoms with Crippen molar-refractivity contribution in [3.8, 4) is 0 Å². The molecule has 1 atom stereocenters. The van der Waals surface area contributed by atoms with Gasteiger partial charge >= 0.3 is 0 Å². The van der Waals surface area contributed by atoms with Gasteiger partial charge in [-0.15, -0.1) is 0 Å². The van der Waals surface area contributed by atoms with Crippen LogP contribution in [0.25, 0.3) is 0 Å². The Kier molecular flexibility index (Phi) is 3.99.